The molecule has 1 unspecified atom stereocenters. The van der Waals surface area contributed by atoms with E-state index in [2.05, 4.69) is 5.32 Å². The molecule has 2 aromatic rings. The highest BCUT2D eigenvalue weighted by Gasteiger charge is 2.25. The number of benzene rings is 2. The number of anilines is 1. The number of amides is 1. The van der Waals surface area contributed by atoms with E-state index >= 15 is 0 Å². The lowest BCUT2D eigenvalue weighted by Crippen LogP contribution is -2.37. The summed E-state index contributed by atoms with van der Waals surface area (Å²) in [6.45, 7) is 3.21. The van der Waals surface area contributed by atoms with Crippen LogP contribution in [0.25, 0.3) is 0 Å². The van der Waals surface area contributed by atoms with Gasteiger partial charge in [-0.3, -0.25) is 9.10 Å². The number of nitrogens with zero attached hydrogens (tertiary/aromatic N) is 1. The lowest BCUT2D eigenvalue weighted by atomic mass is 10.2. The van der Waals surface area contributed by atoms with E-state index in [9.17, 15) is 13.2 Å². The molecule has 0 bridgehead atoms. The van der Waals surface area contributed by atoms with Crippen molar-refractivity contribution in [3.8, 4) is 0 Å². The monoisotopic (exact) mass is 402 g/mol. The van der Waals surface area contributed by atoms with Crippen LogP contribution in [0.2, 0.25) is 0 Å². The number of carbonyl (C=O) groups is 1. The molecule has 1 aliphatic rings. The number of ether oxygens (including phenoxy) is 1. The van der Waals surface area contributed by atoms with Gasteiger partial charge in [-0.2, -0.15) is 0 Å². The molecule has 7 heteroatoms. The van der Waals surface area contributed by atoms with Gasteiger partial charge in [-0.05, 0) is 44.0 Å². The first-order valence-electron chi connectivity index (χ1n) is 9.49. The Balaban J connectivity index is 1.73. The summed E-state index contributed by atoms with van der Waals surface area (Å²) in [5.74, 6) is -0.184. The van der Waals surface area contributed by atoms with Gasteiger partial charge in [0.1, 0.15) is 0 Å². The zero-order valence-electron chi connectivity index (χ0n) is 16.0. The Morgan fingerprint density at radius 3 is 2.50 bits per heavy atom. The average Bonchev–Trinajstić information content (AvgIpc) is 3.22. The van der Waals surface area contributed by atoms with E-state index in [-0.39, 0.29) is 29.9 Å². The third kappa shape index (κ3) is 5.11. The second-order valence-electron chi connectivity index (χ2n) is 6.91. The number of hydrogen-bond donors (Lipinski definition) is 1. The molecule has 28 heavy (non-hydrogen) atoms. The van der Waals surface area contributed by atoms with Gasteiger partial charge < -0.3 is 10.1 Å². The van der Waals surface area contributed by atoms with Crippen molar-refractivity contribution >= 4 is 21.6 Å². The van der Waals surface area contributed by atoms with Gasteiger partial charge in [0, 0.05) is 26.1 Å². The number of hydrogen-bond acceptors (Lipinski definition) is 4. The average molecular weight is 403 g/mol. The van der Waals surface area contributed by atoms with Gasteiger partial charge in [0.25, 0.3) is 10.0 Å². The maximum absolute atomic E-state index is 13.2. The molecule has 0 aliphatic carbocycles. The summed E-state index contributed by atoms with van der Waals surface area (Å²) in [4.78, 5) is 12.5. The van der Waals surface area contributed by atoms with Gasteiger partial charge in [-0.1, -0.05) is 35.9 Å². The van der Waals surface area contributed by atoms with E-state index < -0.39 is 10.0 Å². The Bertz CT molecular complexity index is 876. The summed E-state index contributed by atoms with van der Waals surface area (Å²) in [5.41, 5.74) is 1.58. The maximum Gasteiger partial charge on any atom is 0.264 e. The number of carbonyl (C=O) groups excluding carboxylic acids is 1. The molecule has 0 spiro atoms. The number of sulfonamides is 1. The van der Waals surface area contributed by atoms with Crippen molar-refractivity contribution in [2.75, 3.05) is 24.0 Å². The Morgan fingerprint density at radius 2 is 1.86 bits per heavy atom. The van der Waals surface area contributed by atoms with Crippen LogP contribution in [0.1, 0.15) is 24.8 Å². The highest BCUT2D eigenvalue weighted by molar-refractivity contribution is 7.92. The molecular weight excluding hydrogens is 376 g/mol. The molecule has 2 aromatic carbocycles. The Morgan fingerprint density at radius 1 is 1.14 bits per heavy atom. The molecule has 1 heterocycles. The van der Waals surface area contributed by atoms with Gasteiger partial charge in [0.15, 0.2) is 0 Å². The molecule has 1 N–H and O–H groups in total. The third-order valence-corrected chi connectivity index (χ3v) is 6.59. The minimum Gasteiger partial charge on any atom is -0.376 e. The van der Waals surface area contributed by atoms with Crippen LogP contribution in [0.5, 0.6) is 0 Å². The van der Waals surface area contributed by atoms with Crippen LogP contribution in [0.15, 0.2) is 59.5 Å². The van der Waals surface area contributed by atoms with Crippen molar-refractivity contribution < 1.29 is 17.9 Å². The molecular formula is C21H26N2O4S. The largest absolute Gasteiger partial charge is 0.376 e. The molecule has 0 saturated carbocycles. The molecule has 3 rings (SSSR count). The Hall–Kier alpha value is -2.38. The molecule has 1 fully saturated rings. The van der Waals surface area contributed by atoms with Crippen molar-refractivity contribution in [1.82, 2.24) is 5.32 Å². The second-order valence-corrected chi connectivity index (χ2v) is 8.78. The fraction of sp³-hybridized carbons (Fsp3) is 0.381. The molecule has 0 radical (unpaired) electrons. The first-order valence-corrected chi connectivity index (χ1v) is 10.9. The van der Waals surface area contributed by atoms with E-state index in [0.29, 0.717) is 12.2 Å². The van der Waals surface area contributed by atoms with E-state index in [1.165, 1.54) is 4.31 Å². The molecule has 0 aromatic heterocycles. The molecule has 150 valence electrons. The van der Waals surface area contributed by atoms with Gasteiger partial charge in [-0.25, -0.2) is 8.42 Å². The third-order valence-electron chi connectivity index (χ3n) is 4.75. The summed E-state index contributed by atoms with van der Waals surface area (Å²) in [6, 6.07) is 15.5. The first-order chi connectivity index (χ1) is 13.5. The van der Waals surface area contributed by atoms with Crippen molar-refractivity contribution in [1.29, 1.82) is 0 Å². The van der Waals surface area contributed by atoms with Crippen LogP contribution in [0, 0.1) is 6.92 Å². The molecule has 1 atom stereocenters. The van der Waals surface area contributed by atoms with Crippen molar-refractivity contribution in [2.45, 2.75) is 37.2 Å². The molecule has 1 saturated heterocycles. The van der Waals surface area contributed by atoms with Gasteiger partial charge in [0.05, 0.1) is 16.7 Å². The van der Waals surface area contributed by atoms with Gasteiger partial charge in [0.2, 0.25) is 5.91 Å². The van der Waals surface area contributed by atoms with Crippen LogP contribution in [-0.2, 0) is 19.6 Å². The predicted molar refractivity (Wildman–Crippen MR) is 109 cm³/mol. The van der Waals surface area contributed by atoms with Crippen molar-refractivity contribution in [3.63, 3.8) is 0 Å². The quantitative estimate of drug-likeness (QED) is 0.737. The summed E-state index contributed by atoms with van der Waals surface area (Å²) in [6.07, 6.45) is 2.09. The van der Waals surface area contributed by atoms with Crippen LogP contribution in [-0.4, -0.2) is 40.1 Å². The number of nitrogens with one attached hydrogen (secondary N) is 1. The normalized spacial score (nSPS) is 16.7. The lowest BCUT2D eigenvalue weighted by molar-refractivity contribution is -0.121. The highest BCUT2D eigenvalue weighted by Crippen LogP contribution is 2.24. The van der Waals surface area contributed by atoms with Crippen LogP contribution in [0.3, 0.4) is 0 Å². The smallest absolute Gasteiger partial charge is 0.264 e. The Labute approximate surface area is 166 Å². The minimum absolute atomic E-state index is 0.0604. The van der Waals surface area contributed by atoms with E-state index in [0.717, 1.165) is 25.0 Å². The fourth-order valence-electron chi connectivity index (χ4n) is 3.14. The molecule has 6 nitrogen and oxygen atoms in total. The topological polar surface area (TPSA) is 75.7 Å². The fourth-order valence-corrected chi connectivity index (χ4v) is 4.63. The molecule has 1 aliphatic heterocycles. The van der Waals surface area contributed by atoms with Crippen molar-refractivity contribution in [2.24, 2.45) is 0 Å². The standard InChI is InChI=1S/C21H26N2O4S/c1-17-9-11-18(12-10-17)23(28(25,26)20-7-3-2-4-8-20)14-13-21(24)22-16-19-6-5-15-27-19/h2-4,7-12,19H,5-6,13-16H2,1H3,(H,22,24). The Kier molecular flexibility index (Phi) is 6.70. The molecule has 1 amide bonds. The lowest BCUT2D eigenvalue weighted by Gasteiger charge is -2.24. The summed E-state index contributed by atoms with van der Waals surface area (Å²) < 4.78 is 33.1. The van der Waals surface area contributed by atoms with Gasteiger partial charge in [-0.15, -0.1) is 0 Å². The summed E-state index contributed by atoms with van der Waals surface area (Å²) in [7, 11) is -3.76. The number of aryl methyl sites for hydroxylation is 1. The van der Waals surface area contributed by atoms with Crippen molar-refractivity contribution in [3.05, 3.63) is 60.2 Å². The highest BCUT2D eigenvalue weighted by atomic mass is 32.2. The maximum atomic E-state index is 13.2. The number of rotatable bonds is 8. The summed E-state index contributed by atoms with van der Waals surface area (Å²) in [5, 5.41) is 2.85. The zero-order valence-corrected chi connectivity index (χ0v) is 16.8. The van der Waals surface area contributed by atoms with Crippen LogP contribution in [0.4, 0.5) is 5.69 Å². The van der Waals surface area contributed by atoms with E-state index in [1.54, 1.807) is 42.5 Å². The predicted octanol–water partition coefficient (Wildman–Crippen LogP) is 2.88. The van der Waals surface area contributed by atoms with E-state index in [4.69, 9.17) is 4.74 Å². The SMILES string of the molecule is Cc1ccc(N(CCC(=O)NCC2CCCO2)S(=O)(=O)c2ccccc2)cc1. The van der Waals surface area contributed by atoms with Crippen LogP contribution < -0.4 is 9.62 Å². The second kappa shape index (κ2) is 9.21. The minimum atomic E-state index is -3.76. The zero-order chi connectivity index (χ0) is 20.0. The van der Waals surface area contributed by atoms with Gasteiger partial charge >= 0.3 is 0 Å². The first kappa shape index (κ1) is 20.4. The summed E-state index contributed by atoms with van der Waals surface area (Å²) >= 11 is 0. The van der Waals surface area contributed by atoms with E-state index in [1.807, 2.05) is 19.1 Å². The van der Waals surface area contributed by atoms with Crippen LogP contribution >= 0.6 is 0 Å².